The van der Waals surface area contributed by atoms with Gasteiger partial charge in [-0.3, -0.25) is 0 Å². The quantitative estimate of drug-likeness (QED) is 0.281. The lowest BCUT2D eigenvalue weighted by Crippen LogP contribution is -2.38. The van der Waals surface area contributed by atoms with Crippen LogP contribution in [0.5, 0.6) is 0 Å². The van der Waals surface area contributed by atoms with Crippen LogP contribution in [0.25, 0.3) is 0 Å². The molecule has 4 nitrogen and oxygen atoms in total. The topological polar surface area (TPSA) is 70.6 Å². The van der Waals surface area contributed by atoms with Crippen LogP contribution in [0.4, 0.5) is 0 Å². The average Bonchev–Trinajstić information content (AvgIpc) is 2.35. The van der Waals surface area contributed by atoms with Crippen LogP contribution in [0.15, 0.2) is 5.16 Å². The molecule has 94 valence electrons. The Hall–Kier alpha value is -0.770. The van der Waals surface area contributed by atoms with Gasteiger partial charge >= 0.3 is 0 Å². The van der Waals surface area contributed by atoms with Crippen molar-refractivity contribution in [2.45, 2.75) is 57.9 Å². The highest BCUT2D eigenvalue weighted by Gasteiger charge is 2.21. The second-order valence-corrected chi connectivity index (χ2v) is 4.71. The number of hydrogen-bond donors (Lipinski definition) is 3. The third kappa shape index (κ3) is 4.39. The van der Waals surface area contributed by atoms with Crippen LogP contribution in [0.1, 0.15) is 51.9 Å². The fourth-order valence-corrected chi connectivity index (χ4v) is 2.62. The normalized spacial score (nSPS) is 20.9. The van der Waals surface area contributed by atoms with Crippen molar-refractivity contribution in [1.82, 2.24) is 5.32 Å². The minimum Gasteiger partial charge on any atom is -0.409 e. The number of nitrogens with two attached hydrogens (primary N) is 1. The van der Waals surface area contributed by atoms with Crippen molar-refractivity contribution in [3.63, 3.8) is 0 Å². The first-order valence-corrected chi connectivity index (χ1v) is 6.47. The van der Waals surface area contributed by atoms with E-state index in [4.69, 9.17) is 10.9 Å². The van der Waals surface area contributed by atoms with Gasteiger partial charge in [-0.2, -0.15) is 0 Å². The summed E-state index contributed by atoms with van der Waals surface area (Å²) in [5.41, 5.74) is 5.44. The molecule has 16 heavy (non-hydrogen) atoms. The first kappa shape index (κ1) is 13.3. The Bertz CT molecular complexity index is 212. The molecule has 0 radical (unpaired) electrons. The van der Waals surface area contributed by atoms with Gasteiger partial charge in [-0.15, -0.1) is 0 Å². The maximum absolute atomic E-state index is 8.44. The first-order valence-electron chi connectivity index (χ1n) is 6.47. The minimum atomic E-state index is 0.311. The summed E-state index contributed by atoms with van der Waals surface area (Å²) in [7, 11) is 0. The number of nitrogens with one attached hydrogen (secondary N) is 1. The number of amidine groups is 1. The Morgan fingerprint density at radius 1 is 1.44 bits per heavy atom. The molecular formula is C12H25N3O. The molecule has 4 heteroatoms. The van der Waals surface area contributed by atoms with E-state index in [0.717, 1.165) is 12.5 Å². The molecule has 1 fully saturated rings. The van der Waals surface area contributed by atoms with Crippen LogP contribution in [-0.4, -0.2) is 23.6 Å². The smallest absolute Gasteiger partial charge is 0.140 e. The molecule has 1 rings (SSSR count). The predicted molar refractivity (Wildman–Crippen MR) is 66.7 cm³/mol. The molecule has 0 aromatic rings. The van der Waals surface area contributed by atoms with Gasteiger partial charge in [-0.25, -0.2) is 0 Å². The van der Waals surface area contributed by atoms with E-state index in [1.54, 1.807) is 0 Å². The summed E-state index contributed by atoms with van der Waals surface area (Å²) < 4.78 is 0. The summed E-state index contributed by atoms with van der Waals surface area (Å²) in [6.45, 7) is 3.04. The van der Waals surface area contributed by atoms with Gasteiger partial charge in [-0.05, 0) is 25.2 Å². The van der Waals surface area contributed by atoms with Crippen LogP contribution in [0.3, 0.4) is 0 Å². The van der Waals surface area contributed by atoms with E-state index in [2.05, 4.69) is 17.4 Å². The fourth-order valence-electron chi connectivity index (χ4n) is 2.62. The van der Waals surface area contributed by atoms with E-state index in [-0.39, 0.29) is 0 Å². The minimum absolute atomic E-state index is 0.311. The number of nitrogens with zero attached hydrogens (tertiary/aromatic N) is 1. The second-order valence-electron chi connectivity index (χ2n) is 4.71. The Balaban J connectivity index is 2.25. The molecule has 0 heterocycles. The van der Waals surface area contributed by atoms with Crippen molar-refractivity contribution in [3.8, 4) is 0 Å². The van der Waals surface area contributed by atoms with Crippen LogP contribution in [0, 0.1) is 5.92 Å². The number of oxime groups is 1. The van der Waals surface area contributed by atoms with Crippen LogP contribution in [0.2, 0.25) is 0 Å². The first-order chi connectivity index (χ1) is 7.77. The Morgan fingerprint density at radius 3 is 2.69 bits per heavy atom. The van der Waals surface area contributed by atoms with Gasteiger partial charge in [0.2, 0.25) is 0 Å². The molecule has 0 bridgehead atoms. The lowest BCUT2D eigenvalue weighted by atomic mass is 9.83. The van der Waals surface area contributed by atoms with Gasteiger partial charge in [0, 0.05) is 19.0 Å². The highest BCUT2D eigenvalue weighted by Crippen LogP contribution is 2.27. The summed E-state index contributed by atoms with van der Waals surface area (Å²) in [6.07, 6.45) is 8.66. The monoisotopic (exact) mass is 227 g/mol. The number of rotatable bonds is 6. The molecule has 1 atom stereocenters. The van der Waals surface area contributed by atoms with E-state index in [1.165, 1.54) is 38.5 Å². The van der Waals surface area contributed by atoms with Crippen LogP contribution >= 0.6 is 0 Å². The molecule has 1 saturated carbocycles. The maximum atomic E-state index is 8.44. The van der Waals surface area contributed by atoms with Crippen molar-refractivity contribution in [3.05, 3.63) is 0 Å². The highest BCUT2D eigenvalue weighted by molar-refractivity contribution is 5.79. The zero-order chi connectivity index (χ0) is 11.8. The van der Waals surface area contributed by atoms with Gasteiger partial charge in [0.05, 0.1) is 0 Å². The summed E-state index contributed by atoms with van der Waals surface area (Å²) in [4.78, 5) is 0. The molecule has 0 aliphatic heterocycles. The Morgan fingerprint density at radius 2 is 2.12 bits per heavy atom. The van der Waals surface area contributed by atoms with E-state index >= 15 is 0 Å². The molecular weight excluding hydrogens is 202 g/mol. The van der Waals surface area contributed by atoms with Gasteiger partial charge in [-0.1, -0.05) is 31.3 Å². The van der Waals surface area contributed by atoms with E-state index in [0.29, 0.717) is 18.3 Å². The van der Waals surface area contributed by atoms with Crippen LogP contribution < -0.4 is 11.1 Å². The summed E-state index contributed by atoms with van der Waals surface area (Å²) in [6, 6.07) is 0.604. The largest absolute Gasteiger partial charge is 0.409 e. The second kappa shape index (κ2) is 7.49. The Labute approximate surface area is 98.3 Å². The summed E-state index contributed by atoms with van der Waals surface area (Å²) >= 11 is 0. The molecule has 0 amide bonds. The fraction of sp³-hybridized carbons (Fsp3) is 0.917. The van der Waals surface area contributed by atoms with Crippen molar-refractivity contribution in [2.75, 3.05) is 6.54 Å². The Kier molecular flexibility index (Phi) is 6.23. The number of hydrogen-bond acceptors (Lipinski definition) is 3. The molecule has 0 saturated heterocycles. The third-order valence-electron chi connectivity index (χ3n) is 3.57. The molecule has 0 aromatic heterocycles. The van der Waals surface area contributed by atoms with Crippen molar-refractivity contribution in [1.29, 1.82) is 0 Å². The third-order valence-corrected chi connectivity index (χ3v) is 3.57. The van der Waals surface area contributed by atoms with Crippen molar-refractivity contribution < 1.29 is 5.21 Å². The predicted octanol–water partition coefficient (Wildman–Crippen LogP) is 2.07. The van der Waals surface area contributed by atoms with Gasteiger partial charge in [0.1, 0.15) is 5.84 Å². The zero-order valence-corrected chi connectivity index (χ0v) is 10.3. The van der Waals surface area contributed by atoms with Crippen molar-refractivity contribution in [2.24, 2.45) is 16.8 Å². The molecule has 0 spiro atoms. The molecule has 0 aromatic carbocycles. The maximum Gasteiger partial charge on any atom is 0.140 e. The standard InChI is InChI=1S/C12H25N3O/c1-2-11(10-6-4-3-5-7-10)14-9-8-12(13)15-16/h10-11,14,16H,2-9H2,1H3,(H2,13,15). The lowest BCUT2D eigenvalue weighted by molar-refractivity contribution is 0.264. The highest BCUT2D eigenvalue weighted by atomic mass is 16.4. The van der Waals surface area contributed by atoms with Gasteiger partial charge in [0.15, 0.2) is 0 Å². The zero-order valence-electron chi connectivity index (χ0n) is 10.3. The van der Waals surface area contributed by atoms with E-state index in [9.17, 15) is 0 Å². The van der Waals surface area contributed by atoms with Gasteiger partial charge in [0.25, 0.3) is 0 Å². The molecule has 1 aliphatic rings. The van der Waals surface area contributed by atoms with Crippen molar-refractivity contribution >= 4 is 5.84 Å². The SMILES string of the molecule is CCC(NCCC(N)=NO)C1CCCCC1. The average molecular weight is 227 g/mol. The lowest BCUT2D eigenvalue weighted by Gasteiger charge is -2.30. The van der Waals surface area contributed by atoms with E-state index in [1.807, 2.05) is 0 Å². The molecule has 1 aliphatic carbocycles. The summed E-state index contributed by atoms with van der Waals surface area (Å²) in [5, 5.41) is 15.0. The molecule has 4 N–H and O–H groups in total. The van der Waals surface area contributed by atoms with Gasteiger partial charge < -0.3 is 16.3 Å². The molecule has 1 unspecified atom stereocenters. The summed E-state index contributed by atoms with van der Waals surface area (Å²) in [5.74, 6) is 1.14. The van der Waals surface area contributed by atoms with E-state index < -0.39 is 0 Å². The van der Waals surface area contributed by atoms with Crippen LogP contribution in [-0.2, 0) is 0 Å².